The fourth-order valence-electron chi connectivity index (χ4n) is 3.99. The summed E-state index contributed by atoms with van der Waals surface area (Å²) in [6.07, 6.45) is 3.12. The van der Waals surface area contributed by atoms with E-state index in [4.69, 9.17) is 0 Å². The zero-order chi connectivity index (χ0) is 18.3. The van der Waals surface area contributed by atoms with Crippen molar-refractivity contribution in [2.24, 2.45) is 5.92 Å². The van der Waals surface area contributed by atoms with Crippen LogP contribution in [0, 0.1) is 5.92 Å². The Balaban J connectivity index is 0.00000210. The predicted molar refractivity (Wildman–Crippen MR) is 109 cm³/mol. The molecule has 4 rings (SSSR count). The number of carbonyl (C=O) groups excluding carboxylic acids is 1. The minimum atomic E-state index is -3.63. The molecule has 1 unspecified atom stereocenters. The molecule has 27 heavy (non-hydrogen) atoms. The Bertz CT molecular complexity index is 972. The fraction of sp³-hybridized carbons (Fsp3) is 0.421. The van der Waals surface area contributed by atoms with Crippen LogP contribution >= 0.6 is 12.4 Å². The lowest BCUT2D eigenvalue weighted by molar-refractivity contribution is 0.0999. The standard InChI is InChI=1S/C19H23N3O3S.ClH/c1-22-16-7-8-17(14-5-2-6-15(18(14)16)19(22)23)26(24,25)21-11-9-13-4-3-10-20-12-13;/h2,5-8,13,20-21H,3-4,9-12H2,1H3;1H. The summed E-state index contributed by atoms with van der Waals surface area (Å²) in [6, 6.07) is 8.58. The van der Waals surface area contributed by atoms with Gasteiger partial charge in [-0.15, -0.1) is 12.4 Å². The Morgan fingerprint density at radius 3 is 2.81 bits per heavy atom. The van der Waals surface area contributed by atoms with Crippen LogP contribution < -0.4 is 14.9 Å². The van der Waals surface area contributed by atoms with Crippen molar-refractivity contribution in [3.05, 3.63) is 35.9 Å². The molecular formula is C19H24ClN3O3S. The molecule has 1 fully saturated rings. The van der Waals surface area contributed by atoms with Gasteiger partial charge in [-0.1, -0.05) is 12.1 Å². The van der Waals surface area contributed by atoms with Crippen LogP contribution in [0.3, 0.4) is 0 Å². The van der Waals surface area contributed by atoms with Crippen LogP contribution in [-0.2, 0) is 10.0 Å². The maximum absolute atomic E-state index is 12.9. The summed E-state index contributed by atoms with van der Waals surface area (Å²) in [5.74, 6) is 0.420. The Morgan fingerprint density at radius 2 is 2.07 bits per heavy atom. The second-order valence-corrected chi connectivity index (χ2v) is 8.81. The van der Waals surface area contributed by atoms with Crippen molar-refractivity contribution in [1.29, 1.82) is 0 Å². The molecule has 0 aliphatic carbocycles. The molecule has 0 radical (unpaired) electrons. The number of sulfonamides is 1. The normalized spacial score (nSPS) is 19.4. The highest BCUT2D eigenvalue weighted by molar-refractivity contribution is 7.89. The molecule has 6 nitrogen and oxygen atoms in total. The maximum Gasteiger partial charge on any atom is 0.258 e. The van der Waals surface area contributed by atoms with Crippen molar-refractivity contribution in [3.8, 4) is 0 Å². The third-order valence-electron chi connectivity index (χ3n) is 5.41. The van der Waals surface area contributed by atoms with Crippen LogP contribution in [-0.4, -0.2) is 41.0 Å². The van der Waals surface area contributed by atoms with Crippen molar-refractivity contribution in [2.45, 2.75) is 24.2 Å². The van der Waals surface area contributed by atoms with Gasteiger partial charge < -0.3 is 10.2 Å². The van der Waals surface area contributed by atoms with E-state index >= 15 is 0 Å². The van der Waals surface area contributed by atoms with E-state index in [0.29, 0.717) is 23.4 Å². The van der Waals surface area contributed by atoms with Crippen molar-refractivity contribution in [1.82, 2.24) is 10.0 Å². The first kappa shape index (κ1) is 20.1. The van der Waals surface area contributed by atoms with Gasteiger partial charge in [-0.25, -0.2) is 13.1 Å². The quantitative estimate of drug-likeness (QED) is 0.795. The first-order chi connectivity index (χ1) is 12.5. The molecule has 2 aromatic carbocycles. The van der Waals surface area contributed by atoms with E-state index in [2.05, 4.69) is 10.0 Å². The largest absolute Gasteiger partial charge is 0.316 e. The molecule has 0 spiro atoms. The van der Waals surface area contributed by atoms with Crippen LogP contribution in [0.1, 0.15) is 29.6 Å². The highest BCUT2D eigenvalue weighted by atomic mass is 35.5. The van der Waals surface area contributed by atoms with E-state index in [-0.39, 0.29) is 23.2 Å². The Kier molecular flexibility index (Phi) is 5.76. The maximum atomic E-state index is 12.9. The number of piperidine rings is 1. The number of nitrogens with one attached hydrogen (secondary N) is 2. The molecule has 2 heterocycles. The second kappa shape index (κ2) is 7.75. The molecule has 0 aromatic heterocycles. The molecule has 146 valence electrons. The van der Waals surface area contributed by atoms with Crippen molar-refractivity contribution >= 4 is 44.8 Å². The van der Waals surface area contributed by atoms with Gasteiger partial charge >= 0.3 is 0 Å². The lowest BCUT2D eigenvalue weighted by Gasteiger charge is -2.22. The monoisotopic (exact) mass is 409 g/mol. The van der Waals surface area contributed by atoms with Gasteiger partial charge in [0.25, 0.3) is 5.91 Å². The van der Waals surface area contributed by atoms with Crippen LogP contribution in [0.15, 0.2) is 35.2 Å². The van der Waals surface area contributed by atoms with Gasteiger partial charge in [0.1, 0.15) is 0 Å². The summed E-state index contributed by atoms with van der Waals surface area (Å²) in [7, 11) is -1.92. The zero-order valence-corrected chi connectivity index (χ0v) is 16.8. The SMILES string of the molecule is CN1C(=O)c2cccc3c(S(=O)(=O)NCCC4CCCNC4)ccc1c23.Cl. The van der Waals surface area contributed by atoms with Crippen LogP contribution in [0.4, 0.5) is 5.69 Å². The molecule has 2 N–H and O–H groups in total. The van der Waals surface area contributed by atoms with E-state index in [1.54, 1.807) is 42.3 Å². The van der Waals surface area contributed by atoms with E-state index in [9.17, 15) is 13.2 Å². The minimum Gasteiger partial charge on any atom is -0.316 e. The number of carbonyl (C=O) groups is 1. The first-order valence-corrected chi connectivity index (χ1v) is 10.5. The van der Waals surface area contributed by atoms with Crippen LogP contribution in [0.25, 0.3) is 10.8 Å². The molecule has 0 saturated carbocycles. The third kappa shape index (κ3) is 3.57. The van der Waals surface area contributed by atoms with Gasteiger partial charge in [0.15, 0.2) is 0 Å². The van der Waals surface area contributed by atoms with Gasteiger partial charge in [0.2, 0.25) is 10.0 Å². The van der Waals surface area contributed by atoms with Crippen LogP contribution in [0.5, 0.6) is 0 Å². The van der Waals surface area contributed by atoms with Crippen molar-refractivity contribution in [3.63, 3.8) is 0 Å². The second-order valence-electron chi connectivity index (χ2n) is 7.07. The van der Waals surface area contributed by atoms with Crippen LogP contribution in [0.2, 0.25) is 0 Å². The molecular weight excluding hydrogens is 386 g/mol. The highest BCUT2D eigenvalue weighted by Crippen LogP contribution is 2.39. The number of hydrogen-bond donors (Lipinski definition) is 2. The molecule has 0 bridgehead atoms. The average molecular weight is 410 g/mol. The molecule has 8 heteroatoms. The minimum absolute atomic E-state index is 0. The Morgan fingerprint density at radius 1 is 1.26 bits per heavy atom. The van der Waals surface area contributed by atoms with Gasteiger partial charge in [0, 0.05) is 29.9 Å². The van der Waals surface area contributed by atoms with E-state index in [1.165, 1.54) is 0 Å². The summed E-state index contributed by atoms with van der Waals surface area (Å²) >= 11 is 0. The van der Waals surface area contributed by atoms with Gasteiger partial charge in [-0.2, -0.15) is 0 Å². The Hall–Kier alpha value is -1.67. The number of halogens is 1. The zero-order valence-electron chi connectivity index (χ0n) is 15.2. The predicted octanol–water partition coefficient (Wildman–Crippen LogP) is 2.52. The highest BCUT2D eigenvalue weighted by Gasteiger charge is 2.30. The van der Waals surface area contributed by atoms with Gasteiger partial charge in [-0.05, 0) is 56.5 Å². The van der Waals surface area contributed by atoms with Gasteiger partial charge in [-0.3, -0.25) is 4.79 Å². The topological polar surface area (TPSA) is 78.5 Å². The smallest absolute Gasteiger partial charge is 0.258 e. The first-order valence-electron chi connectivity index (χ1n) is 9.03. The molecule has 1 atom stereocenters. The van der Waals surface area contributed by atoms with Crippen molar-refractivity contribution in [2.75, 3.05) is 31.6 Å². The molecule has 2 aliphatic heterocycles. The lowest BCUT2D eigenvalue weighted by Crippen LogP contribution is -2.33. The fourth-order valence-corrected chi connectivity index (χ4v) is 5.24. The summed E-state index contributed by atoms with van der Waals surface area (Å²) in [4.78, 5) is 14.1. The Labute approximate surface area is 165 Å². The molecule has 1 amide bonds. The van der Waals surface area contributed by atoms with E-state index in [1.807, 2.05) is 0 Å². The van der Waals surface area contributed by atoms with Crippen molar-refractivity contribution < 1.29 is 13.2 Å². The number of nitrogens with zero attached hydrogens (tertiary/aromatic N) is 1. The van der Waals surface area contributed by atoms with Gasteiger partial charge in [0.05, 0.1) is 10.6 Å². The average Bonchev–Trinajstić information content (AvgIpc) is 2.89. The number of benzene rings is 2. The molecule has 2 aliphatic rings. The summed E-state index contributed by atoms with van der Waals surface area (Å²) in [6.45, 7) is 2.43. The number of amides is 1. The summed E-state index contributed by atoms with van der Waals surface area (Å²) < 4.78 is 28.5. The lowest BCUT2D eigenvalue weighted by atomic mass is 9.96. The number of rotatable bonds is 5. The summed E-state index contributed by atoms with van der Waals surface area (Å²) in [5.41, 5.74) is 1.32. The number of anilines is 1. The number of hydrogen-bond acceptors (Lipinski definition) is 4. The molecule has 1 saturated heterocycles. The molecule has 2 aromatic rings. The van der Waals surface area contributed by atoms with E-state index in [0.717, 1.165) is 43.4 Å². The van der Waals surface area contributed by atoms with E-state index < -0.39 is 10.0 Å². The third-order valence-corrected chi connectivity index (χ3v) is 6.93. The summed E-state index contributed by atoms with van der Waals surface area (Å²) in [5, 5.41) is 4.68.